The first-order valence-corrected chi connectivity index (χ1v) is 7.25. The van der Waals surface area contributed by atoms with E-state index in [4.69, 9.17) is 11.6 Å². The van der Waals surface area contributed by atoms with Crippen LogP contribution in [0.3, 0.4) is 0 Å². The average molecular weight is 343 g/mol. The molecule has 0 saturated heterocycles. The highest BCUT2D eigenvalue weighted by molar-refractivity contribution is 9.10. The van der Waals surface area contributed by atoms with E-state index in [-0.39, 0.29) is 11.9 Å². The number of anilines is 1. The molecule has 0 fully saturated rings. The van der Waals surface area contributed by atoms with Crippen LogP contribution < -0.4 is 5.32 Å². The third kappa shape index (κ3) is 3.48. The van der Waals surface area contributed by atoms with Crippen LogP contribution in [0.15, 0.2) is 46.9 Å². The van der Waals surface area contributed by atoms with Crippen molar-refractivity contribution in [2.75, 3.05) is 5.32 Å². The average Bonchev–Trinajstić information content (AvgIpc) is 2.41. The lowest BCUT2D eigenvalue weighted by Crippen LogP contribution is -2.11. The Morgan fingerprint density at radius 1 is 1.26 bits per heavy atom. The molecule has 2 aromatic rings. The van der Waals surface area contributed by atoms with Crippen molar-refractivity contribution in [3.05, 3.63) is 63.3 Å². The maximum atomic E-state index is 13.8. The molecular weight excluding hydrogens is 329 g/mol. The van der Waals surface area contributed by atoms with Crippen molar-refractivity contribution in [2.24, 2.45) is 0 Å². The lowest BCUT2D eigenvalue weighted by atomic mass is 10.0. The number of hydrogen-bond donors (Lipinski definition) is 1. The summed E-state index contributed by atoms with van der Waals surface area (Å²) in [5.74, 6) is -0.194. The molecule has 0 aliphatic carbocycles. The maximum Gasteiger partial charge on any atom is 0.128 e. The van der Waals surface area contributed by atoms with Gasteiger partial charge in [-0.2, -0.15) is 0 Å². The monoisotopic (exact) mass is 341 g/mol. The van der Waals surface area contributed by atoms with Gasteiger partial charge in [-0.15, -0.1) is 0 Å². The van der Waals surface area contributed by atoms with E-state index in [1.807, 2.05) is 25.1 Å². The molecule has 0 aromatic heterocycles. The molecule has 0 aliphatic rings. The van der Waals surface area contributed by atoms with Gasteiger partial charge >= 0.3 is 0 Å². The normalized spacial score (nSPS) is 12.2. The van der Waals surface area contributed by atoms with E-state index in [1.165, 1.54) is 6.07 Å². The lowest BCUT2D eigenvalue weighted by Gasteiger charge is -2.20. The Kier molecular flexibility index (Phi) is 4.83. The van der Waals surface area contributed by atoms with Crippen molar-refractivity contribution < 1.29 is 4.39 Å². The van der Waals surface area contributed by atoms with Crippen molar-refractivity contribution in [3.8, 4) is 0 Å². The second-order valence-electron chi connectivity index (χ2n) is 4.25. The van der Waals surface area contributed by atoms with E-state index >= 15 is 0 Å². The standard InChI is InChI=1S/C15H14BrClFN/c1-2-14(11-5-3-4-6-13(11)18)19-15-9-10(17)7-8-12(15)16/h3-9,14,19H,2H2,1H3. The zero-order valence-corrected chi connectivity index (χ0v) is 12.8. The zero-order chi connectivity index (χ0) is 13.8. The maximum absolute atomic E-state index is 13.8. The van der Waals surface area contributed by atoms with Crippen molar-refractivity contribution in [1.29, 1.82) is 0 Å². The molecule has 100 valence electrons. The van der Waals surface area contributed by atoms with Gasteiger partial charge in [0.15, 0.2) is 0 Å². The fraction of sp³-hybridized carbons (Fsp3) is 0.200. The van der Waals surface area contributed by atoms with Crippen LogP contribution in [-0.4, -0.2) is 0 Å². The van der Waals surface area contributed by atoms with Gasteiger partial charge < -0.3 is 5.32 Å². The molecule has 2 rings (SSSR count). The molecule has 4 heteroatoms. The summed E-state index contributed by atoms with van der Waals surface area (Å²) in [6.07, 6.45) is 0.778. The predicted octanol–water partition coefficient (Wildman–Crippen LogP) is 5.80. The molecule has 19 heavy (non-hydrogen) atoms. The van der Waals surface area contributed by atoms with E-state index in [0.29, 0.717) is 10.6 Å². The number of benzene rings is 2. The summed E-state index contributed by atoms with van der Waals surface area (Å²) in [5, 5.41) is 3.97. The van der Waals surface area contributed by atoms with Gasteiger partial charge in [-0.1, -0.05) is 36.7 Å². The summed E-state index contributed by atoms with van der Waals surface area (Å²) in [5.41, 5.74) is 1.53. The molecule has 2 aromatic carbocycles. The van der Waals surface area contributed by atoms with Gasteiger partial charge in [0.1, 0.15) is 5.82 Å². The van der Waals surface area contributed by atoms with Gasteiger partial charge in [0.05, 0.1) is 11.7 Å². The van der Waals surface area contributed by atoms with Crippen molar-refractivity contribution in [3.63, 3.8) is 0 Å². The highest BCUT2D eigenvalue weighted by Crippen LogP contribution is 2.31. The highest BCUT2D eigenvalue weighted by Gasteiger charge is 2.14. The van der Waals surface area contributed by atoms with Crippen molar-refractivity contribution in [1.82, 2.24) is 0 Å². The molecule has 1 N–H and O–H groups in total. The molecular formula is C15H14BrClFN. The van der Waals surface area contributed by atoms with Crippen LogP contribution in [0.1, 0.15) is 24.9 Å². The molecule has 0 bridgehead atoms. The van der Waals surface area contributed by atoms with Crippen LogP contribution in [0.5, 0.6) is 0 Å². The summed E-state index contributed by atoms with van der Waals surface area (Å²) in [4.78, 5) is 0. The SMILES string of the molecule is CCC(Nc1cc(Cl)ccc1Br)c1ccccc1F. The van der Waals surface area contributed by atoms with Crippen molar-refractivity contribution in [2.45, 2.75) is 19.4 Å². The topological polar surface area (TPSA) is 12.0 Å². The van der Waals surface area contributed by atoms with Crippen LogP contribution in [0.2, 0.25) is 5.02 Å². The van der Waals surface area contributed by atoms with Gasteiger partial charge in [-0.25, -0.2) is 4.39 Å². The molecule has 0 spiro atoms. The highest BCUT2D eigenvalue weighted by atomic mass is 79.9. The largest absolute Gasteiger partial charge is 0.377 e. The lowest BCUT2D eigenvalue weighted by molar-refractivity contribution is 0.587. The van der Waals surface area contributed by atoms with E-state index in [0.717, 1.165) is 16.6 Å². The minimum absolute atomic E-state index is 0.0871. The zero-order valence-electron chi connectivity index (χ0n) is 10.5. The Bertz CT molecular complexity index is 574. The number of halogens is 3. The minimum atomic E-state index is -0.194. The summed E-state index contributed by atoms with van der Waals surface area (Å²) in [6.45, 7) is 2.02. The Labute approximate surface area is 125 Å². The number of rotatable bonds is 4. The van der Waals surface area contributed by atoms with Crippen LogP contribution in [-0.2, 0) is 0 Å². The summed E-state index contributed by atoms with van der Waals surface area (Å²) >= 11 is 9.45. The first-order valence-electron chi connectivity index (χ1n) is 6.08. The molecule has 0 amide bonds. The Hall–Kier alpha value is -1.06. The van der Waals surface area contributed by atoms with Crippen molar-refractivity contribution >= 4 is 33.2 Å². The van der Waals surface area contributed by atoms with Crippen LogP contribution >= 0.6 is 27.5 Å². The summed E-state index contributed by atoms with van der Waals surface area (Å²) in [7, 11) is 0. The minimum Gasteiger partial charge on any atom is -0.377 e. The molecule has 0 radical (unpaired) electrons. The van der Waals surface area contributed by atoms with Crippen LogP contribution in [0.25, 0.3) is 0 Å². The van der Waals surface area contributed by atoms with Gasteiger partial charge in [-0.05, 0) is 46.6 Å². The predicted molar refractivity (Wildman–Crippen MR) is 82.2 cm³/mol. The third-order valence-electron chi connectivity index (χ3n) is 2.95. The molecule has 1 atom stereocenters. The molecule has 0 heterocycles. The second-order valence-corrected chi connectivity index (χ2v) is 5.54. The summed E-state index contributed by atoms with van der Waals surface area (Å²) in [6, 6.07) is 12.2. The number of hydrogen-bond acceptors (Lipinski definition) is 1. The van der Waals surface area contributed by atoms with Crippen LogP contribution in [0, 0.1) is 5.82 Å². The molecule has 0 saturated carbocycles. The van der Waals surface area contributed by atoms with Gasteiger partial charge in [0.25, 0.3) is 0 Å². The fourth-order valence-corrected chi connectivity index (χ4v) is 2.49. The van der Waals surface area contributed by atoms with E-state index < -0.39 is 0 Å². The van der Waals surface area contributed by atoms with Gasteiger partial charge in [-0.3, -0.25) is 0 Å². The molecule has 1 nitrogen and oxygen atoms in total. The van der Waals surface area contributed by atoms with Gasteiger partial charge in [0, 0.05) is 15.1 Å². The Morgan fingerprint density at radius 3 is 2.68 bits per heavy atom. The van der Waals surface area contributed by atoms with Crippen LogP contribution in [0.4, 0.5) is 10.1 Å². The Morgan fingerprint density at radius 2 is 2.00 bits per heavy atom. The first kappa shape index (κ1) is 14.4. The summed E-state index contributed by atoms with van der Waals surface area (Å²) < 4.78 is 14.7. The van der Waals surface area contributed by atoms with Gasteiger partial charge in [0.2, 0.25) is 0 Å². The third-order valence-corrected chi connectivity index (χ3v) is 3.87. The van der Waals surface area contributed by atoms with E-state index in [9.17, 15) is 4.39 Å². The number of nitrogens with one attached hydrogen (secondary N) is 1. The molecule has 0 aliphatic heterocycles. The van der Waals surface area contributed by atoms with E-state index in [2.05, 4.69) is 21.2 Å². The molecule has 1 unspecified atom stereocenters. The second kappa shape index (κ2) is 6.40. The first-order chi connectivity index (χ1) is 9.11. The quantitative estimate of drug-likeness (QED) is 0.740. The fourth-order valence-electron chi connectivity index (χ4n) is 1.95. The van der Waals surface area contributed by atoms with E-state index in [1.54, 1.807) is 18.2 Å². The smallest absolute Gasteiger partial charge is 0.128 e. The Balaban J connectivity index is 2.29.